The maximum Gasteiger partial charge on any atom is 0.267 e. The zero-order valence-corrected chi connectivity index (χ0v) is 14.7. The Morgan fingerprint density at radius 1 is 1.20 bits per heavy atom. The molecule has 2 aromatic rings. The Kier molecular flexibility index (Phi) is 6.84. The van der Waals surface area contributed by atoms with Crippen molar-refractivity contribution in [1.29, 1.82) is 5.26 Å². The molecule has 0 aliphatic heterocycles. The molecule has 0 aromatic heterocycles. The second kappa shape index (κ2) is 9.09. The fourth-order valence-corrected chi connectivity index (χ4v) is 2.41. The van der Waals surface area contributed by atoms with E-state index in [0.717, 1.165) is 11.1 Å². The van der Waals surface area contributed by atoms with Gasteiger partial charge in [-0.25, -0.2) is 0 Å². The van der Waals surface area contributed by atoms with Crippen LogP contribution in [0.25, 0.3) is 0 Å². The number of halogens is 2. The van der Waals surface area contributed by atoms with Crippen LogP contribution in [0.1, 0.15) is 11.1 Å². The standard InChI is InChI=1S/C18H16Cl2N4O/c19-15-4-5-16(20)17(7-15)24-18(25)14(9-22)11-23-10-13-3-1-2-12(6-13)8-21/h1-7,11,23H,8,10,21H2,(H,24,25)/b14-11-. The number of carbonyl (C=O) groups excluding carboxylic acids is 1. The third kappa shape index (κ3) is 5.50. The Bertz CT molecular complexity index is 843. The molecule has 7 heteroatoms. The topological polar surface area (TPSA) is 90.9 Å². The van der Waals surface area contributed by atoms with E-state index in [4.69, 9.17) is 28.9 Å². The van der Waals surface area contributed by atoms with E-state index < -0.39 is 5.91 Å². The quantitative estimate of drug-likeness (QED) is 0.532. The summed E-state index contributed by atoms with van der Waals surface area (Å²) in [7, 11) is 0. The molecule has 4 N–H and O–H groups in total. The van der Waals surface area contributed by atoms with Gasteiger partial charge in [-0.05, 0) is 29.3 Å². The minimum atomic E-state index is -0.574. The molecule has 128 valence electrons. The smallest absolute Gasteiger partial charge is 0.267 e. The van der Waals surface area contributed by atoms with Crippen molar-refractivity contribution >= 4 is 34.8 Å². The molecule has 0 aliphatic rings. The molecule has 0 atom stereocenters. The van der Waals surface area contributed by atoms with E-state index in [2.05, 4.69) is 10.6 Å². The van der Waals surface area contributed by atoms with E-state index in [-0.39, 0.29) is 5.57 Å². The van der Waals surface area contributed by atoms with Crippen molar-refractivity contribution in [3.05, 3.63) is 75.4 Å². The first-order chi connectivity index (χ1) is 12.0. The van der Waals surface area contributed by atoms with Crippen molar-refractivity contribution < 1.29 is 4.79 Å². The molecule has 0 bridgehead atoms. The highest BCUT2D eigenvalue weighted by atomic mass is 35.5. The van der Waals surface area contributed by atoms with Gasteiger partial charge >= 0.3 is 0 Å². The lowest BCUT2D eigenvalue weighted by Crippen LogP contribution is -2.17. The highest BCUT2D eigenvalue weighted by Gasteiger charge is 2.11. The van der Waals surface area contributed by atoms with Gasteiger partial charge in [-0.3, -0.25) is 4.79 Å². The number of benzene rings is 2. The van der Waals surface area contributed by atoms with E-state index in [9.17, 15) is 10.1 Å². The number of nitrogens with zero attached hydrogens (tertiary/aromatic N) is 1. The predicted molar refractivity (Wildman–Crippen MR) is 100.0 cm³/mol. The minimum absolute atomic E-state index is 0.0778. The number of hydrogen-bond donors (Lipinski definition) is 3. The van der Waals surface area contributed by atoms with E-state index in [1.165, 1.54) is 12.3 Å². The van der Waals surface area contributed by atoms with Crippen molar-refractivity contribution in [2.75, 3.05) is 5.32 Å². The molecular formula is C18H16Cl2N4O. The highest BCUT2D eigenvalue weighted by Crippen LogP contribution is 2.25. The van der Waals surface area contributed by atoms with Crippen LogP contribution in [-0.4, -0.2) is 5.91 Å². The molecule has 2 rings (SSSR count). The number of rotatable bonds is 6. The van der Waals surface area contributed by atoms with Gasteiger partial charge in [-0.15, -0.1) is 0 Å². The van der Waals surface area contributed by atoms with Gasteiger partial charge in [-0.2, -0.15) is 5.26 Å². The number of carbonyl (C=O) groups is 1. The third-order valence-corrected chi connectivity index (χ3v) is 3.89. The molecule has 2 aromatic carbocycles. The van der Waals surface area contributed by atoms with Gasteiger partial charge in [0.25, 0.3) is 5.91 Å². The van der Waals surface area contributed by atoms with Crippen molar-refractivity contribution in [3.63, 3.8) is 0 Å². The molecule has 25 heavy (non-hydrogen) atoms. The fraction of sp³-hybridized carbons (Fsp3) is 0.111. The van der Waals surface area contributed by atoms with Crippen molar-refractivity contribution in [2.24, 2.45) is 5.73 Å². The summed E-state index contributed by atoms with van der Waals surface area (Å²) in [5.41, 5.74) is 7.88. The maximum absolute atomic E-state index is 12.2. The summed E-state index contributed by atoms with van der Waals surface area (Å²) in [6, 6.07) is 14.3. The van der Waals surface area contributed by atoms with Crippen LogP contribution in [0.4, 0.5) is 5.69 Å². The molecule has 0 aliphatic carbocycles. The average Bonchev–Trinajstić information content (AvgIpc) is 2.62. The van der Waals surface area contributed by atoms with Gasteiger partial charge in [0.1, 0.15) is 11.6 Å². The van der Waals surface area contributed by atoms with Gasteiger partial charge in [0.05, 0.1) is 10.7 Å². The molecule has 0 saturated heterocycles. The van der Waals surface area contributed by atoms with Gasteiger partial charge in [-0.1, -0.05) is 47.5 Å². The summed E-state index contributed by atoms with van der Waals surface area (Å²) in [5, 5.41) is 15.5. The van der Waals surface area contributed by atoms with Crippen LogP contribution in [-0.2, 0) is 17.9 Å². The molecule has 0 radical (unpaired) electrons. The number of nitrogens with one attached hydrogen (secondary N) is 2. The fourth-order valence-electron chi connectivity index (χ4n) is 2.07. The Hall–Kier alpha value is -2.52. The van der Waals surface area contributed by atoms with Gasteiger partial charge < -0.3 is 16.4 Å². The van der Waals surface area contributed by atoms with Crippen LogP contribution in [0.5, 0.6) is 0 Å². The second-order valence-corrected chi connectivity index (χ2v) is 6.00. The first kappa shape index (κ1) is 18.8. The third-order valence-electron chi connectivity index (χ3n) is 3.32. The Labute approximate surface area is 156 Å². The highest BCUT2D eigenvalue weighted by molar-refractivity contribution is 6.35. The largest absolute Gasteiger partial charge is 0.386 e. The van der Waals surface area contributed by atoms with Gasteiger partial charge in [0.15, 0.2) is 0 Å². The van der Waals surface area contributed by atoms with Crippen LogP contribution < -0.4 is 16.4 Å². The molecule has 0 heterocycles. The van der Waals surface area contributed by atoms with E-state index in [0.29, 0.717) is 28.8 Å². The van der Waals surface area contributed by atoms with Crippen LogP contribution >= 0.6 is 23.2 Å². The lowest BCUT2D eigenvalue weighted by molar-refractivity contribution is -0.112. The summed E-state index contributed by atoms with van der Waals surface area (Å²) in [6.45, 7) is 0.917. The van der Waals surface area contributed by atoms with Crippen LogP contribution in [0.3, 0.4) is 0 Å². The number of hydrogen-bond acceptors (Lipinski definition) is 4. The lowest BCUT2D eigenvalue weighted by Gasteiger charge is -2.08. The van der Waals surface area contributed by atoms with E-state index in [1.807, 2.05) is 30.3 Å². The van der Waals surface area contributed by atoms with Crippen LogP contribution in [0.2, 0.25) is 10.0 Å². The van der Waals surface area contributed by atoms with Crippen molar-refractivity contribution in [3.8, 4) is 6.07 Å². The molecule has 0 saturated carbocycles. The molecule has 1 amide bonds. The summed E-state index contributed by atoms with van der Waals surface area (Å²) >= 11 is 11.9. The van der Waals surface area contributed by atoms with Gasteiger partial charge in [0, 0.05) is 24.3 Å². The molecular weight excluding hydrogens is 359 g/mol. The molecule has 0 spiro atoms. The van der Waals surface area contributed by atoms with Gasteiger partial charge in [0.2, 0.25) is 0 Å². The molecule has 5 nitrogen and oxygen atoms in total. The Balaban J connectivity index is 2.02. The van der Waals surface area contributed by atoms with Crippen LogP contribution in [0, 0.1) is 11.3 Å². The summed E-state index contributed by atoms with van der Waals surface area (Å²) in [6.07, 6.45) is 1.36. The average molecular weight is 375 g/mol. The summed E-state index contributed by atoms with van der Waals surface area (Å²) < 4.78 is 0. The predicted octanol–water partition coefficient (Wildman–Crippen LogP) is 3.59. The molecule has 0 fully saturated rings. The van der Waals surface area contributed by atoms with Crippen molar-refractivity contribution in [2.45, 2.75) is 13.1 Å². The number of nitrogens with two attached hydrogens (primary N) is 1. The first-order valence-electron chi connectivity index (χ1n) is 7.41. The zero-order chi connectivity index (χ0) is 18.2. The first-order valence-corrected chi connectivity index (χ1v) is 8.17. The normalized spacial score (nSPS) is 10.9. The maximum atomic E-state index is 12.2. The Morgan fingerprint density at radius 2 is 1.96 bits per heavy atom. The SMILES string of the molecule is N#C/C(=C/NCc1cccc(CN)c1)C(=O)Nc1cc(Cl)ccc1Cl. The van der Waals surface area contributed by atoms with Crippen LogP contribution in [0.15, 0.2) is 54.2 Å². The summed E-state index contributed by atoms with van der Waals surface area (Å²) in [5.74, 6) is -0.574. The second-order valence-electron chi connectivity index (χ2n) is 5.15. The minimum Gasteiger partial charge on any atom is -0.386 e. The van der Waals surface area contributed by atoms with E-state index >= 15 is 0 Å². The van der Waals surface area contributed by atoms with Crippen molar-refractivity contribution in [1.82, 2.24) is 5.32 Å². The molecule has 0 unspecified atom stereocenters. The lowest BCUT2D eigenvalue weighted by atomic mass is 10.1. The number of amides is 1. The monoisotopic (exact) mass is 374 g/mol. The Morgan fingerprint density at radius 3 is 2.68 bits per heavy atom. The summed E-state index contributed by atoms with van der Waals surface area (Å²) in [4.78, 5) is 12.2. The van der Waals surface area contributed by atoms with E-state index in [1.54, 1.807) is 12.1 Å². The number of anilines is 1. The number of nitriles is 1. The zero-order valence-electron chi connectivity index (χ0n) is 13.2.